The molecule has 0 aliphatic heterocycles. The zero-order valence-electron chi connectivity index (χ0n) is 15.6. The second-order valence-electron chi connectivity index (χ2n) is 7.63. The molecule has 0 radical (unpaired) electrons. The summed E-state index contributed by atoms with van der Waals surface area (Å²) in [5.74, 6) is -2.44. The van der Waals surface area contributed by atoms with Crippen LogP contribution in [0.25, 0.3) is 0 Å². The van der Waals surface area contributed by atoms with Gasteiger partial charge in [0.25, 0.3) is 0 Å². The van der Waals surface area contributed by atoms with Crippen LogP contribution >= 0.6 is 11.6 Å². The Kier molecular flexibility index (Phi) is 5.28. The minimum atomic E-state index is -3.83. The van der Waals surface area contributed by atoms with Gasteiger partial charge in [0.15, 0.2) is 11.6 Å². The number of nitrogens with one attached hydrogen (secondary N) is 2. The molecule has 1 amide bonds. The maximum atomic E-state index is 14.1. The first-order valence-electron chi connectivity index (χ1n) is 9.27. The monoisotopic (exact) mass is 454 g/mol. The largest absolute Gasteiger partial charge is 0.399 e. The van der Waals surface area contributed by atoms with Crippen LogP contribution in [-0.2, 0) is 14.8 Å². The summed E-state index contributed by atoms with van der Waals surface area (Å²) in [5, 5.41) is 2.76. The molecule has 0 spiro atoms. The molecule has 2 aliphatic carbocycles. The highest BCUT2D eigenvalue weighted by molar-refractivity contribution is 7.89. The summed E-state index contributed by atoms with van der Waals surface area (Å²) in [6.07, 6.45) is 1.94. The Morgan fingerprint density at radius 3 is 2.77 bits per heavy atom. The molecule has 1 aromatic heterocycles. The van der Waals surface area contributed by atoms with Crippen molar-refractivity contribution in [1.29, 1.82) is 0 Å². The van der Waals surface area contributed by atoms with E-state index in [1.807, 2.05) is 0 Å². The predicted molar refractivity (Wildman–Crippen MR) is 108 cm³/mol. The molecule has 5 atom stereocenters. The van der Waals surface area contributed by atoms with Crippen LogP contribution < -0.4 is 21.5 Å². The first kappa shape index (κ1) is 20.8. The van der Waals surface area contributed by atoms with Crippen molar-refractivity contribution in [3.8, 4) is 0 Å². The number of hydrogen-bond acceptors (Lipinski definition) is 7. The van der Waals surface area contributed by atoms with Gasteiger partial charge in [0.05, 0.1) is 17.0 Å². The third-order valence-electron chi connectivity index (χ3n) is 5.83. The molecule has 6 N–H and O–H groups in total. The third-order valence-corrected chi connectivity index (χ3v) is 7.50. The number of anilines is 2. The minimum Gasteiger partial charge on any atom is -0.399 e. The number of nitrogens with two attached hydrogens (primary N) is 2. The molecular formula is C18H20ClFN6O3S. The first-order chi connectivity index (χ1) is 14.2. The molecule has 12 heteroatoms. The Balaban J connectivity index is 1.59. The fourth-order valence-electron chi connectivity index (χ4n) is 4.66. The molecule has 2 bridgehead atoms. The summed E-state index contributed by atoms with van der Waals surface area (Å²) in [6, 6.07) is 4.90. The van der Waals surface area contributed by atoms with E-state index in [0.29, 0.717) is 18.5 Å². The second kappa shape index (κ2) is 7.64. The summed E-state index contributed by atoms with van der Waals surface area (Å²) in [5.41, 5.74) is 11.6. The number of amides is 1. The van der Waals surface area contributed by atoms with Crippen LogP contribution in [0.4, 0.5) is 15.9 Å². The fraction of sp³-hybridized carbons (Fsp3) is 0.389. The van der Waals surface area contributed by atoms with Crippen LogP contribution in [-0.4, -0.2) is 36.4 Å². The van der Waals surface area contributed by atoms with E-state index in [-0.39, 0.29) is 27.8 Å². The average Bonchev–Trinajstić information content (AvgIpc) is 3.22. The van der Waals surface area contributed by atoms with Crippen molar-refractivity contribution in [3.63, 3.8) is 0 Å². The van der Waals surface area contributed by atoms with E-state index in [4.69, 9.17) is 23.1 Å². The molecule has 2 aromatic rings. The van der Waals surface area contributed by atoms with E-state index in [1.165, 1.54) is 12.1 Å². The Morgan fingerprint density at radius 1 is 1.30 bits per heavy atom. The molecule has 2 saturated carbocycles. The number of aromatic nitrogens is 2. The molecular weight excluding hydrogens is 435 g/mol. The predicted octanol–water partition coefficient (Wildman–Crippen LogP) is 1.12. The smallest absolute Gasteiger partial charge is 0.240 e. The quantitative estimate of drug-likeness (QED) is 0.376. The number of nitrogens with zero attached hydrogens (tertiary/aromatic N) is 2. The molecule has 4 rings (SSSR count). The average molecular weight is 455 g/mol. The Morgan fingerprint density at radius 2 is 2.07 bits per heavy atom. The van der Waals surface area contributed by atoms with Gasteiger partial charge in [-0.25, -0.2) is 22.5 Å². The van der Waals surface area contributed by atoms with Gasteiger partial charge in [-0.15, -0.1) is 0 Å². The summed E-state index contributed by atoms with van der Waals surface area (Å²) in [4.78, 5) is 19.5. The lowest BCUT2D eigenvalue weighted by atomic mass is 9.81. The van der Waals surface area contributed by atoms with Gasteiger partial charge < -0.3 is 16.8 Å². The number of sulfonamides is 1. The lowest BCUT2D eigenvalue weighted by Gasteiger charge is -2.35. The normalized spacial score (nSPS) is 27.9. The van der Waals surface area contributed by atoms with Crippen molar-refractivity contribution in [2.75, 3.05) is 11.1 Å². The van der Waals surface area contributed by atoms with E-state index in [9.17, 15) is 17.6 Å². The number of halogens is 2. The standard InChI is InChI=1S/C18H20ClFN6O3S/c19-18-23-7-12(20)17(25-18)24-15-11-4-8(14(15)16(22)27)5-13(11)26-30(28,29)10-3-1-2-9(21)6-10/h1-3,6-8,11,13-15,26H,4-5,21H2,(H2,22,27)(H,23,24,25)/t8-,11-,13-,14+,15-/m1/s1. The highest BCUT2D eigenvalue weighted by Crippen LogP contribution is 2.50. The summed E-state index contributed by atoms with van der Waals surface area (Å²) < 4.78 is 42.5. The van der Waals surface area contributed by atoms with Gasteiger partial charge in [0, 0.05) is 17.8 Å². The van der Waals surface area contributed by atoms with Crippen LogP contribution in [0, 0.1) is 23.6 Å². The van der Waals surface area contributed by atoms with Crippen molar-refractivity contribution in [2.45, 2.75) is 29.8 Å². The van der Waals surface area contributed by atoms with Crippen molar-refractivity contribution in [1.82, 2.24) is 14.7 Å². The molecule has 0 unspecified atom stereocenters. The van der Waals surface area contributed by atoms with Crippen molar-refractivity contribution >= 4 is 39.0 Å². The third kappa shape index (κ3) is 3.80. The number of hydrogen-bond donors (Lipinski definition) is 4. The maximum Gasteiger partial charge on any atom is 0.240 e. The van der Waals surface area contributed by atoms with E-state index in [1.54, 1.807) is 12.1 Å². The molecule has 1 heterocycles. The van der Waals surface area contributed by atoms with Gasteiger partial charge in [0.2, 0.25) is 21.2 Å². The van der Waals surface area contributed by atoms with Crippen LogP contribution in [0.2, 0.25) is 5.28 Å². The highest BCUT2D eigenvalue weighted by Gasteiger charge is 2.55. The molecule has 1 aromatic carbocycles. The molecule has 2 fully saturated rings. The molecule has 30 heavy (non-hydrogen) atoms. The van der Waals surface area contributed by atoms with Crippen molar-refractivity contribution in [3.05, 3.63) is 41.6 Å². The molecule has 160 valence electrons. The van der Waals surface area contributed by atoms with Gasteiger partial charge in [0.1, 0.15) is 0 Å². The second-order valence-corrected chi connectivity index (χ2v) is 9.68. The maximum absolute atomic E-state index is 14.1. The Bertz CT molecular complexity index is 1100. The lowest BCUT2D eigenvalue weighted by molar-refractivity contribution is -0.123. The highest BCUT2D eigenvalue weighted by atomic mass is 35.5. The number of rotatable bonds is 6. The fourth-order valence-corrected chi connectivity index (χ4v) is 6.14. The summed E-state index contributed by atoms with van der Waals surface area (Å²) in [6.45, 7) is 0. The van der Waals surface area contributed by atoms with Gasteiger partial charge in [-0.3, -0.25) is 4.79 Å². The van der Waals surface area contributed by atoms with E-state index in [0.717, 1.165) is 6.20 Å². The minimum absolute atomic E-state index is 0.0508. The van der Waals surface area contributed by atoms with Gasteiger partial charge in [-0.2, -0.15) is 4.98 Å². The van der Waals surface area contributed by atoms with Gasteiger partial charge >= 0.3 is 0 Å². The van der Waals surface area contributed by atoms with Crippen molar-refractivity contribution in [2.24, 2.45) is 23.5 Å². The number of benzene rings is 1. The first-order valence-corrected chi connectivity index (χ1v) is 11.1. The van der Waals surface area contributed by atoms with E-state index >= 15 is 0 Å². The van der Waals surface area contributed by atoms with Crippen LogP contribution in [0.3, 0.4) is 0 Å². The number of carbonyl (C=O) groups excluding carboxylic acids is 1. The topological polar surface area (TPSA) is 153 Å². The lowest BCUT2D eigenvalue weighted by Crippen LogP contribution is -2.51. The van der Waals surface area contributed by atoms with E-state index in [2.05, 4.69) is 20.0 Å². The summed E-state index contributed by atoms with van der Waals surface area (Å²) >= 11 is 5.75. The SMILES string of the molecule is NC(=O)[C@H]1[C@@H]2C[C@@H]([C@H]1Nc1nc(Cl)ncc1F)[C@H](NS(=O)(=O)c1cccc(N)c1)C2. The van der Waals surface area contributed by atoms with Crippen molar-refractivity contribution < 1.29 is 17.6 Å². The molecule has 0 saturated heterocycles. The Hall–Kier alpha value is -2.50. The number of fused-ring (bicyclic) bond motifs is 2. The van der Waals surface area contributed by atoms with Gasteiger partial charge in [-0.1, -0.05) is 6.07 Å². The van der Waals surface area contributed by atoms with Crippen LogP contribution in [0.15, 0.2) is 35.4 Å². The number of primary amides is 1. The Labute approximate surface area is 177 Å². The zero-order valence-corrected chi connectivity index (χ0v) is 17.2. The number of carbonyl (C=O) groups is 1. The zero-order chi connectivity index (χ0) is 21.6. The van der Waals surface area contributed by atoms with E-state index < -0.39 is 39.7 Å². The molecule has 9 nitrogen and oxygen atoms in total. The van der Waals surface area contributed by atoms with Crippen LogP contribution in [0.5, 0.6) is 0 Å². The van der Waals surface area contributed by atoms with Gasteiger partial charge in [-0.05, 0) is 54.5 Å². The number of nitrogen functional groups attached to an aromatic ring is 1. The van der Waals surface area contributed by atoms with Crippen LogP contribution in [0.1, 0.15) is 12.8 Å². The summed E-state index contributed by atoms with van der Waals surface area (Å²) in [7, 11) is -3.83. The molecule has 2 aliphatic rings.